The van der Waals surface area contributed by atoms with Crippen LogP contribution in [0.4, 0.5) is 11.6 Å². The molecule has 0 fully saturated rings. The van der Waals surface area contributed by atoms with Crippen LogP contribution in [0, 0.1) is 11.3 Å². The highest BCUT2D eigenvalue weighted by molar-refractivity contribution is 5.59. The predicted octanol–water partition coefficient (Wildman–Crippen LogP) is 1.43. The van der Waals surface area contributed by atoms with Crippen LogP contribution in [0.1, 0.15) is 5.56 Å². The third-order valence-electron chi connectivity index (χ3n) is 1.89. The second kappa shape index (κ2) is 3.80. The fourth-order valence-electron chi connectivity index (χ4n) is 1.20. The maximum absolute atomic E-state index is 8.85. The fourth-order valence-corrected chi connectivity index (χ4v) is 1.20. The van der Waals surface area contributed by atoms with Crippen LogP contribution in [0.15, 0.2) is 30.6 Å². The zero-order chi connectivity index (χ0) is 10.7. The Morgan fingerprint density at radius 2 is 2.33 bits per heavy atom. The summed E-state index contributed by atoms with van der Waals surface area (Å²) in [5.41, 5.74) is 0.503. The number of hydrogen-bond donors (Lipinski definition) is 1. The van der Waals surface area contributed by atoms with Crippen molar-refractivity contribution in [1.82, 2.24) is 14.8 Å². The molecule has 2 aromatic rings. The van der Waals surface area contributed by atoms with Gasteiger partial charge < -0.3 is 5.32 Å². The summed E-state index contributed by atoms with van der Waals surface area (Å²) in [5.74, 6) is 1.20. The molecule has 0 bridgehead atoms. The lowest BCUT2D eigenvalue weighted by Crippen LogP contribution is -1.98. The Bertz CT molecular complexity index is 509. The maximum atomic E-state index is 8.85. The predicted molar refractivity (Wildman–Crippen MR) is 55.4 cm³/mol. The number of nitriles is 1. The van der Waals surface area contributed by atoms with E-state index in [2.05, 4.69) is 21.5 Å². The first-order valence-electron chi connectivity index (χ1n) is 4.41. The second-order valence-corrected chi connectivity index (χ2v) is 3.01. The lowest BCUT2D eigenvalue weighted by atomic mass is 10.3. The Morgan fingerprint density at radius 1 is 1.47 bits per heavy atom. The zero-order valence-electron chi connectivity index (χ0n) is 8.18. The molecule has 2 rings (SSSR count). The molecule has 2 aromatic heterocycles. The van der Waals surface area contributed by atoms with E-state index in [1.165, 1.54) is 0 Å². The van der Waals surface area contributed by atoms with Crippen LogP contribution in [-0.2, 0) is 7.05 Å². The average Bonchev–Trinajstić information content (AvgIpc) is 2.65. The molecule has 5 nitrogen and oxygen atoms in total. The van der Waals surface area contributed by atoms with Gasteiger partial charge in [-0.1, -0.05) is 0 Å². The molecule has 15 heavy (non-hydrogen) atoms. The molecule has 1 N–H and O–H groups in total. The Balaban J connectivity index is 2.28. The van der Waals surface area contributed by atoms with Crippen molar-refractivity contribution in [2.45, 2.75) is 0 Å². The minimum Gasteiger partial charge on any atom is -0.322 e. The van der Waals surface area contributed by atoms with E-state index in [1.54, 1.807) is 23.0 Å². The van der Waals surface area contributed by atoms with Crippen molar-refractivity contribution in [1.29, 1.82) is 5.26 Å². The molecule has 2 heterocycles. The van der Waals surface area contributed by atoms with E-state index in [4.69, 9.17) is 5.26 Å². The van der Waals surface area contributed by atoms with Crippen LogP contribution >= 0.6 is 0 Å². The molecule has 0 saturated carbocycles. The highest BCUT2D eigenvalue weighted by atomic mass is 15.3. The summed E-state index contributed by atoms with van der Waals surface area (Å²) < 4.78 is 1.68. The van der Waals surface area contributed by atoms with E-state index in [-0.39, 0.29) is 0 Å². The Hall–Kier alpha value is -2.35. The van der Waals surface area contributed by atoms with Gasteiger partial charge in [-0.3, -0.25) is 4.68 Å². The van der Waals surface area contributed by atoms with Gasteiger partial charge in [0.1, 0.15) is 11.9 Å². The SMILES string of the molecule is Cn1ccc(Nc2ncccc2C#N)n1. The summed E-state index contributed by atoms with van der Waals surface area (Å²) in [6.07, 6.45) is 3.45. The summed E-state index contributed by atoms with van der Waals surface area (Å²) in [6.45, 7) is 0. The van der Waals surface area contributed by atoms with E-state index < -0.39 is 0 Å². The van der Waals surface area contributed by atoms with E-state index in [0.29, 0.717) is 17.2 Å². The molecular weight excluding hydrogens is 190 g/mol. The van der Waals surface area contributed by atoms with Gasteiger partial charge in [0.15, 0.2) is 5.82 Å². The Labute approximate surface area is 87.0 Å². The molecule has 0 aliphatic rings. The largest absolute Gasteiger partial charge is 0.322 e. The fraction of sp³-hybridized carbons (Fsp3) is 0.100. The molecule has 0 aliphatic heterocycles. The maximum Gasteiger partial charge on any atom is 0.153 e. The van der Waals surface area contributed by atoms with Gasteiger partial charge in [0.25, 0.3) is 0 Å². The molecule has 0 atom stereocenters. The summed E-state index contributed by atoms with van der Waals surface area (Å²) in [6, 6.07) is 7.31. The van der Waals surface area contributed by atoms with Gasteiger partial charge in [0, 0.05) is 25.5 Å². The van der Waals surface area contributed by atoms with Crippen LogP contribution in [0.3, 0.4) is 0 Å². The van der Waals surface area contributed by atoms with Gasteiger partial charge in [-0.2, -0.15) is 10.4 Å². The second-order valence-electron chi connectivity index (χ2n) is 3.01. The van der Waals surface area contributed by atoms with E-state index >= 15 is 0 Å². The third-order valence-corrected chi connectivity index (χ3v) is 1.89. The van der Waals surface area contributed by atoms with Crippen molar-refractivity contribution in [2.75, 3.05) is 5.32 Å². The molecule has 0 aliphatic carbocycles. The van der Waals surface area contributed by atoms with Crippen LogP contribution < -0.4 is 5.32 Å². The quantitative estimate of drug-likeness (QED) is 0.794. The highest BCUT2D eigenvalue weighted by Gasteiger charge is 2.03. The van der Waals surface area contributed by atoms with Gasteiger partial charge in [-0.05, 0) is 12.1 Å². The zero-order valence-corrected chi connectivity index (χ0v) is 8.18. The molecule has 74 valence electrons. The Kier molecular flexibility index (Phi) is 2.33. The average molecular weight is 199 g/mol. The normalized spacial score (nSPS) is 9.60. The van der Waals surface area contributed by atoms with Gasteiger partial charge in [0.05, 0.1) is 5.56 Å². The molecule has 5 heteroatoms. The Morgan fingerprint density at radius 3 is 3.00 bits per heavy atom. The summed E-state index contributed by atoms with van der Waals surface area (Å²) in [7, 11) is 1.83. The first kappa shape index (κ1) is 9.21. The van der Waals surface area contributed by atoms with Gasteiger partial charge >= 0.3 is 0 Å². The first-order chi connectivity index (χ1) is 7.29. The molecule has 0 spiro atoms. The van der Waals surface area contributed by atoms with E-state index in [9.17, 15) is 0 Å². The van der Waals surface area contributed by atoms with Gasteiger partial charge in [-0.15, -0.1) is 0 Å². The van der Waals surface area contributed by atoms with Crippen LogP contribution in [0.5, 0.6) is 0 Å². The van der Waals surface area contributed by atoms with Crippen molar-refractivity contribution in [3.8, 4) is 6.07 Å². The van der Waals surface area contributed by atoms with Gasteiger partial charge in [0.2, 0.25) is 0 Å². The number of aryl methyl sites for hydroxylation is 1. The summed E-state index contributed by atoms with van der Waals surface area (Å²) >= 11 is 0. The van der Waals surface area contributed by atoms with Crippen molar-refractivity contribution in [2.24, 2.45) is 7.05 Å². The minimum absolute atomic E-state index is 0.503. The number of rotatable bonds is 2. The monoisotopic (exact) mass is 199 g/mol. The van der Waals surface area contributed by atoms with E-state index in [1.807, 2.05) is 19.3 Å². The van der Waals surface area contributed by atoms with Crippen LogP contribution in [0.25, 0.3) is 0 Å². The molecule has 0 aromatic carbocycles. The van der Waals surface area contributed by atoms with Crippen molar-refractivity contribution in [3.05, 3.63) is 36.2 Å². The lowest BCUT2D eigenvalue weighted by Gasteiger charge is -2.02. The molecule has 0 radical (unpaired) electrons. The number of pyridine rings is 1. The van der Waals surface area contributed by atoms with Crippen molar-refractivity contribution >= 4 is 11.6 Å². The van der Waals surface area contributed by atoms with Gasteiger partial charge in [-0.25, -0.2) is 4.98 Å². The minimum atomic E-state index is 0.503. The van der Waals surface area contributed by atoms with Crippen LogP contribution in [-0.4, -0.2) is 14.8 Å². The smallest absolute Gasteiger partial charge is 0.153 e. The number of nitrogens with zero attached hydrogens (tertiary/aromatic N) is 4. The first-order valence-corrected chi connectivity index (χ1v) is 4.41. The van der Waals surface area contributed by atoms with Crippen molar-refractivity contribution in [3.63, 3.8) is 0 Å². The topological polar surface area (TPSA) is 66.5 Å². The van der Waals surface area contributed by atoms with E-state index in [0.717, 1.165) is 0 Å². The molecule has 0 saturated heterocycles. The number of aromatic nitrogens is 3. The summed E-state index contributed by atoms with van der Waals surface area (Å²) in [5, 5.41) is 16.0. The number of nitrogens with one attached hydrogen (secondary N) is 1. The molecule has 0 unspecified atom stereocenters. The highest BCUT2D eigenvalue weighted by Crippen LogP contribution is 2.15. The number of hydrogen-bond acceptors (Lipinski definition) is 4. The molecular formula is C10H9N5. The third kappa shape index (κ3) is 1.94. The van der Waals surface area contributed by atoms with Crippen LogP contribution in [0.2, 0.25) is 0 Å². The standard InChI is InChI=1S/C10H9N5/c1-15-6-4-9(14-15)13-10-8(7-11)3-2-5-12-10/h2-6H,1H3,(H,12,13,14). The lowest BCUT2D eigenvalue weighted by molar-refractivity contribution is 0.771. The molecule has 0 amide bonds. The summed E-state index contributed by atoms with van der Waals surface area (Å²) in [4.78, 5) is 4.07. The van der Waals surface area contributed by atoms with Crippen molar-refractivity contribution < 1.29 is 0 Å². The number of anilines is 2.